The average Bonchev–Trinajstić information content (AvgIpc) is 3.35. The Morgan fingerprint density at radius 3 is 2.78 bits per heavy atom. The minimum absolute atomic E-state index is 0.0324. The number of aromatic hydroxyl groups is 1. The van der Waals surface area contributed by atoms with E-state index in [9.17, 15) is 19.8 Å². The maximum atomic E-state index is 12.7. The molecule has 0 saturated carbocycles. The molecule has 0 saturated heterocycles. The molecular weight excluding hydrogens is 416 g/mol. The highest BCUT2D eigenvalue weighted by molar-refractivity contribution is 6.08. The molecule has 3 aromatic rings. The molecule has 32 heavy (non-hydrogen) atoms. The lowest BCUT2D eigenvalue weighted by molar-refractivity contribution is -0.136. The molecular formula is C22H22N4O6. The van der Waals surface area contributed by atoms with E-state index in [2.05, 4.69) is 15.3 Å². The summed E-state index contributed by atoms with van der Waals surface area (Å²) in [7, 11) is 2.72. The van der Waals surface area contributed by atoms with Gasteiger partial charge in [-0.2, -0.15) is 0 Å². The van der Waals surface area contributed by atoms with Crippen LogP contribution >= 0.6 is 0 Å². The molecule has 0 aliphatic carbocycles. The molecule has 1 aromatic heterocycles. The van der Waals surface area contributed by atoms with E-state index in [0.717, 1.165) is 5.56 Å². The fourth-order valence-electron chi connectivity index (χ4n) is 3.54. The molecule has 4 rings (SSSR count). The first-order valence-electron chi connectivity index (χ1n) is 9.81. The topological polar surface area (TPSA) is 137 Å². The molecule has 1 aliphatic rings. The zero-order valence-electron chi connectivity index (χ0n) is 17.5. The SMILES string of the molecule is COC(=O)C1=C(Nc2ccc3nc(-c4ccc(O)c(OC)c4)[nH]c3c2)C(=O)N(CCO)C1. The Morgan fingerprint density at radius 1 is 1.25 bits per heavy atom. The summed E-state index contributed by atoms with van der Waals surface area (Å²) < 4.78 is 9.96. The van der Waals surface area contributed by atoms with Crippen LogP contribution in [0.4, 0.5) is 5.69 Å². The number of phenolic OH excluding ortho intramolecular Hbond substituents is 1. The smallest absolute Gasteiger partial charge is 0.337 e. The van der Waals surface area contributed by atoms with Crippen LogP contribution in [0.3, 0.4) is 0 Å². The molecule has 10 nitrogen and oxygen atoms in total. The first kappa shape index (κ1) is 21.2. The average molecular weight is 438 g/mol. The molecule has 166 valence electrons. The predicted octanol–water partition coefficient (Wildman–Crippen LogP) is 1.62. The second-order valence-corrected chi connectivity index (χ2v) is 7.12. The molecule has 10 heteroatoms. The molecule has 1 aliphatic heterocycles. The van der Waals surface area contributed by atoms with Crippen molar-refractivity contribution in [3.05, 3.63) is 47.7 Å². The number of fused-ring (bicyclic) bond motifs is 1. The predicted molar refractivity (Wildman–Crippen MR) is 116 cm³/mol. The standard InChI is InChI=1S/C22H22N4O6/c1-31-18-9-12(3-6-17(18)28)20-24-15-5-4-13(10-16(15)25-20)23-19-14(22(30)32-2)11-26(7-8-27)21(19)29/h3-6,9-10,23,27-28H,7-8,11H2,1-2H3,(H,24,25). The van der Waals surface area contributed by atoms with E-state index in [1.165, 1.54) is 25.2 Å². The molecule has 0 atom stereocenters. The molecule has 0 unspecified atom stereocenters. The second kappa shape index (κ2) is 8.60. The maximum Gasteiger partial charge on any atom is 0.337 e. The number of hydrogen-bond donors (Lipinski definition) is 4. The lowest BCUT2D eigenvalue weighted by Crippen LogP contribution is -2.31. The number of β-amino-alcohol motifs (C(OH)–C–C–N with tert-alkyl or cyclic N) is 1. The lowest BCUT2D eigenvalue weighted by atomic mass is 10.2. The highest BCUT2D eigenvalue weighted by Gasteiger charge is 2.34. The van der Waals surface area contributed by atoms with Crippen LogP contribution in [-0.4, -0.2) is 70.9 Å². The van der Waals surface area contributed by atoms with E-state index in [0.29, 0.717) is 28.3 Å². The number of imidazole rings is 1. The quantitative estimate of drug-likeness (QED) is 0.409. The van der Waals surface area contributed by atoms with Gasteiger partial charge in [0.15, 0.2) is 11.5 Å². The fraction of sp³-hybridized carbons (Fsp3) is 0.227. The number of esters is 1. The Hall–Kier alpha value is -4.05. The van der Waals surface area contributed by atoms with Crippen molar-refractivity contribution in [2.24, 2.45) is 0 Å². The van der Waals surface area contributed by atoms with Crippen LogP contribution in [0.1, 0.15) is 0 Å². The number of rotatable bonds is 7. The van der Waals surface area contributed by atoms with Crippen molar-refractivity contribution in [1.82, 2.24) is 14.9 Å². The summed E-state index contributed by atoms with van der Waals surface area (Å²) in [5.74, 6) is -0.0470. The number of aromatic amines is 1. The summed E-state index contributed by atoms with van der Waals surface area (Å²) in [6.07, 6.45) is 0. The van der Waals surface area contributed by atoms with E-state index in [4.69, 9.17) is 9.47 Å². The Labute approximate surface area is 183 Å². The van der Waals surface area contributed by atoms with Crippen LogP contribution in [0, 0.1) is 0 Å². The zero-order valence-corrected chi connectivity index (χ0v) is 17.5. The number of carbonyl (C=O) groups excluding carboxylic acids is 2. The molecule has 0 spiro atoms. The number of amides is 1. The van der Waals surface area contributed by atoms with Gasteiger partial charge in [-0.25, -0.2) is 9.78 Å². The van der Waals surface area contributed by atoms with Gasteiger partial charge in [0.2, 0.25) is 0 Å². The van der Waals surface area contributed by atoms with Crippen molar-refractivity contribution < 1.29 is 29.3 Å². The van der Waals surface area contributed by atoms with E-state index < -0.39 is 5.97 Å². The van der Waals surface area contributed by atoms with Crippen LogP contribution in [0.2, 0.25) is 0 Å². The summed E-state index contributed by atoms with van der Waals surface area (Å²) in [4.78, 5) is 34.0. The van der Waals surface area contributed by atoms with Gasteiger partial charge in [-0.3, -0.25) is 4.79 Å². The van der Waals surface area contributed by atoms with Gasteiger partial charge in [0.25, 0.3) is 5.91 Å². The number of hydrogen-bond acceptors (Lipinski definition) is 8. The van der Waals surface area contributed by atoms with E-state index >= 15 is 0 Å². The summed E-state index contributed by atoms with van der Waals surface area (Å²) in [5, 5.41) is 22.0. The normalized spacial score (nSPS) is 13.7. The minimum Gasteiger partial charge on any atom is -0.504 e. The monoisotopic (exact) mass is 438 g/mol. The molecule has 2 aromatic carbocycles. The van der Waals surface area contributed by atoms with Crippen molar-refractivity contribution in [3.8, 4) is 22.9 Å². The summed E-state index contributed by atoms with van der Waals surface area (Å²) in [6, 6.07) is 10.2. The van der Waals surface area contributed by atoms with Crippen molar-refractivity contribution >= 4 is 28.6 Å². The van der Waals surface area contributed by atoms with Crippen LogP contribution in [0.15, 0.2) is 47.7 Å². The number of ether oxygens (including phenoxy) is 2. The zero-order chi connectivity index (χ0) is 22.8. The maximum absolute atomic E-state index is 12.7. The number of nitrogens with zero attached hydrogens (tertiary/aromatic N) is 2. The van der Waals surface area contributed by atoms with Crippen LogP contribution < -0.4 is 10.1 Å². The number of benzene rings is 2. The van der Waals surface area contributed by atoms with Gasteiger partial charge in [-0.15, -0.1) is 0 Å². The third kappa shape index (κ3) is 3.83. The number of aliphatic hydroxyl groups excluding tert-OH is 1. The number of anilines is 1. The first-order valence-corrected chi connectivity index (χ1v) is 9.81. The van der Waals surface area contributed by atoms with E-state index in [1.54, 1.807) is 30.3 Å². The van der Waals surface area contributed by atoms with Crippen molar-refractivity contribution in [3.63, 3.8) is 0 Å². The largest absolute Gasteiger partial charge is 0.504 e. The Balaban J connectivity index is 1.65. The second-order valence-electron chi connectivity index (χ2n) is 7.12. The number of methoxy groups -OCH3 is 2. The van der Waals surface area contributed by atoms with Crippen molar-refractivity contribution in [1.29, 1.82) is 0 Å². The highest BCUT2D eigenvalue weighted by Crippen LogP contribution is 2.32. The number of aliphatic hydroxyl groups is 1. The molecule has 4 N–H and O–H groups in total. The van der Waals surface area contributed by atoms with Gasteiger partial charge < -0.3 is 34.9 Å². The lowest BCUT2D eigenvalue weighted by Gasteiger charge is -2.15. The molecule has 2 heterocycles. The number of aromatic nitrogens is 2. The van der Waals surface area contributed by atoms with Gasteiger partial charge >= 0.3 is 5.97 Å². The van der Waals surface area contributed by atoms with Crippen molar-refractivity contribution in [2.75, 3.05) is 39.2 Å². The highest BCUT2D eigenvalue weighted by atomic mass is 16.5. The van der Waals surface area contributed by atoms with E-state index in [1.807, 2.05) is 0 Å². The Morgan fingerprint density at radius 2 is 2.06 bits per heavy atom. The first-order chi connectivity index (χ1) is 15.4. The molecule has 1 amide bonds. The third-order valence-corrected chi connectivity index (χ3v) is 5.16. The van der Waals surface area contributed by atoms with Crippen molar-refractivity contribution in [2.45, 2.75) is 0 Å². The summed E-state index contributed by atoms with van der Waals surface area (Å²) >= 11 is 0. The summed E-state index contributed by atoms with van der Waals surface area (Å²) in [6.45, 7) is -0.0323. The molecule has 0 radical (unpaired) electrons. The van der Waals surface area contributed by atoms with Crippen LogP contribution in [-0.2, 0) is 14.3 Å². The van der Waals surface area contributed by atoms with E-state index in [-0.39, 0.29) is 42.6 Å². The van der Waals surface area contributed by atoms with Gasteiger partial charge in [0.05, 0.1) is 44.0 Å². The number of nitrogens with one attached hydrogen (secondary N) is 2. The third-order valence-electron chi connectivity index (χ3n) is 5.16. The van der Waals surface area contributed by atoms with Gasteiger partial charge in [-0.1, -0.05) is 0 Å². The molecule has 0 fully saturated rings. The minimum atomic E-state index is -0.604. The molecule has 0 bridgehead atoms. The van der Waals surface area contributed by atoms with Crippen LogP contribution in [0.5, 0.6) is 11.5 Å². The number of H-pyrrole nitrogens is 1. The van der Waals surface area contributed by atoms with Gasteiger partial charge in [0, 0.05) is 17.8 Å². The Bertz CT molecular complexity index is 1230. The number of phenols is 1. The summed E-state index contributed by atoms with van der Waals surface area (Å²) in [5.41, 5.74) is 3.02. The van der Waals surface area contributed by atoms with Gasteiger partial charge in [-0.05, 0) is 36.4 Å². The number of carbonyl (C=O) groups is 2. The fourth-order valence-corrected chi connectivity index (χ4v) is 3.54. The Kier molecular flexibility index (Phi) is 5.69. The van der Waals surface area contributed by atoms with Gasteiger partial charge in [0.1, 0.15) is 11.5 Å². The van der Waals surface area contributed by atoms with Crippen LogP contribution in [0.25, 0.3) is 22.4 Å².